The monoisotopic (exact) mass is 900 g/mol. The van der Waals surface area contributed by atoms with Crippen LogP contribution in [0.3, 0.4) is 0 Å². The van der Waals surface area contributed by atoms with Crippen LogP contribution in [-0.2, 0) is 34.5 Å². The van der Waals surface area contributed by atoms with E-state index in [0.29, 0.717) is 30.4 Å². The zero-order valence-corrected chi connectivity index (χ0v) is 37.1. The number of carbonyl (C=O) groups excluding carboxylic acids is 2. The Kier molecular flexibility index (Phi) is 13.2. The SMILES string of the molecule is C[C@@H](CC(F)(F)F)Nc1ncc2c(-c3ccc(CN4CCN(CCCOC5CN(Cc6ccc7c(c6)n(C)c(=O)n7C6CCC(=O)NC6=O)C5)CC4)cc3)cn([C@H]3CC[C@H](O)CC3)c2n1. The molecule has 1 unspecified atom stereocenters. The summed E-state index contributed by atoms with van der Waals surface area (Å²) in [6.07, 6.45) is 2.90. The summed E-state index contributed by atoms with van der Waals surface area (Å²) in [6.45, 7) is 10.5. The number of halogens is 3. The molecule has 0 bridgehead atoms. The molecule has 4 aliphatic rings. The first-order valence-corrected chi connectivity index (χ1v) is 23.0. The maximum atomic E-state index is 13.1. The Morgan fingerprint density at radius 2 is 1.62 bits per heavy atom. The van der Waals surface area contributed by atoms with Gasteiger partial charge < -0.3 is 24.6 Å². The maximum absolute atomic E-state index is 13.1. The summed E-state index contributed by atoms with van der Waals surface area (Å²) in [7, 11) is 1.71. The highest BCUT2D eigenvalue weighted by atomic mass is 19.4. The molecule has 5 aromatic rings. The summed E-state index contributed by atoms with van der Waals surface area (Å²) in [4.78, 5) is 53.8. The Balaban J connectivity index is 0.714. The second-order valence-corrected chi connectivity index (χ2v) is 18.6. The molecule has 65 heavy (non-hydrogen) atoms. The number of benzene rings is 2. The van der Waals surface area contributed by atoms with E-state index in [0.717, 1.165) is 112 Å². The molecule has 3 saturated heterocycles. The van der Waals surface area contributed by atoms with Crippen LogP contribution in [0.5, 0.6) is 0 Å². The van der Waals surface area contributed by atoms with Gasteiger partial charge in [0.05, 0.1) is 29.7 Å². The molecule has 3 N–H and O–H groups in total. The van der Waals surface area contributed by atoms with Crippen molar-refractivity contribution in [3.05, 3.63) is 76.5 Å². The smallest absolute Gasteiger partial charge is 0.391 e. The molecule has 15 nitrogen and oxygen atoms in total. The number of nitrogens with zero attached hydrogens (tertiary/aromatic N) is 8. The number of piperazine rings is 1. The van der Waals surface area contributed by atoms with Gasteiger partial charge in [-0.3, -0.25) is 33.8 Å². The minimum Gasteiger partial charge on any atom is -0.393 e. The molecule has 1 aliphatic carbocycles. The number of amides is 2. The lowest BCUT2D eigenvalue weighted by Crippen LogP contribution is -2.51. The highest BCUT2D eigenvalue weighted by Gasteiger charge is 2.33. The van der Waals surface area contributed by atoms with Gasteiger partial charge in [-0.15, -0.1) is 0 Å². The number of aliphatic hydroxyl groups excluding tert-OH is 1. The minimum atomic E-state index is -4.29. The second-order valence-electron chi connectivity index (χ2n) is 18.6. The lowest BCUT2D eigenvalue weighted by molar-refractivity contribution is -0.137. The highest BCUT2D eigenvalue weighted by Crippen LogP contribution is 2.37. The minimum absolute atomic E-state index is 0.127. The molecule has 18 heteroatoms. The number of imide groups is 1. The number of alkyl halides is 3. The van der Waals surface area contributed by atoms with Crippen LogP contribution in [0.1, 0.15) is 81.5 Å². The number of anilines is 1. The van der Waals surface area contributed by atoms with Gasteiger partial charge in [0, 0.05) is 114 Å². The number of fused-ring (bicyclic) bond motifs is 2. The fourth-order valence-corrected chi connectivity index (χ4v) is 10.1. The summed E-state index contributed by atoms with van der Waals surface area (Å²) >= 11 is 0. The van der Waals surface area contributed by atoms with Crippen molar-refractivity contribution >= 4 is 39.8 Å². The number of nitrogens with one attached hydrogen (secondary N) is 2. The molecule has 3 aliphatic heterocycles. The van der Waals surface area contributed by atoms with Gasteiger partial charge >= 0.3 is 11.9 Å². The first kappa shape index (κ1) is 45.0. The molecule has 2 amide bonds. The molecule has 348 valence electrons. The third-order valence-electron chi connectivity index (χ3n) is 13.7. The zero-order chi connectivity index (χ0) is 45.4. The standard InChI is InChI=1S/C47H59F3N10O5/c1-30(23-47(48,49)50)52-45-51-24-37-38(29-59(43(37)54-45)34-9-11-35(61)12-10-34)33-7-4-31(5-8-33)25-57-19-17-56(18-20-57)16-3-21-65-36-27-58(28-36)26-32-6-13-39-41(22-32)55(2)46(64)60(39)40-14-15-42(62)53-44(40)63/h4-8,13,22,24,29-30,34-36,40,61H,3,9-12,14-21,23,25-28H2,1-2H3,(H,51,52,54)(H,53,62,63)/t30-,34-,35-,40?/m0/s1. The number of hydrogen-bond acceptors (Lipinski definition) is 11. The molecule has 3 aromatic heterocycles. The Bertz CT molecular complexity index is 2550. The van der Waals surface area contributed by atoms with E-state index in [1.54, 1.807) is 17.8 Å². The van der Waals surface area contributed by atoms with Gasteiger partial charge in [0.1, 0.15) is 11.7 Å². The van der Waals surface area contributed by atoms with E-state index in [1.165, 1.54) is 17.1 Å². The van der Waals surface area contributed by atoms with Crippen molar-refractivity contribution in [1.82, 2.24) is 43.7 Å². The number of rotatable bonds is 15. The van der Waals surface area contributed by atoms with Crippen molar-refractivity contribution in [3.8, 4) is 11.1 Å². The Hall–Kier alpha value is -5.14. The van der Waals surface area contributed by atoms with Gasteiger partial charge in [-0.05, 0) is 74.3 Å². The number of aryl methyl sites for hydroxylation is 1. The first-order chi connectivity index (χ1) is 31.2. The quantitative estimate of drug-likeness (QED) is 0.0919. The van der Waals surface area contributed by atoms with Gasteiger partial charge in [-0.25, -0.2) is 9.78 Å². The normalized spacial score (nSPS) is 22.4. The number of aliphatic hydroxyl groups is 1. The highest BCUT2D eigenvalue weighted by molar-refractivity contribution is 6.00. The van der Waals surface area contributed by atoms with E-state index in [4.69, 9.17) is 9.72 Å². The Morgan fingerprint density at radius 3 is 2.34 bits per heavy atom. The third kappa shape index (κ3) is 10.3. The number of aromatic nitrogens is 5. The van der Waals surface area contributed by atoms with E-state index >= 15 is 0 Å². The van der Waals surface area contributed by atoms with E-state index < -0.39 is 30.6 Å². The van der Waals surface area contributed by atoms with Crippen molar-refractivity contribution in [1.29, 1.82) is 0 Å². The average Bonchev–Trinajstić information content (AvgIpc) is 3.75. The topological polar surface area (TPSA) is 155 Å². The summed E-state index contributed by atoms with van der Waals surface area (Å²) in [6, 6.07) is 13.1. The zero-order valence-electron chi connectivity index (χ0n) is 37.1. The molecular formula is C47H59F3N10O5. The number of carbonyl (C=O) groups is 2. The van der Waals surface area contributed by atoms with E-state index in [2.05, 4.69) is 65.3 Å². The number of piperidine rings is 1. The summed E-state index contributed by atoms with van der Waals surface area (Å²) in [5.41, 5.74) is 6.20. The third-order valence-corrected chi connectivity index (χ3v) is 13.7. The van der Waals surface area contributed by atoms with Gasteiger partial charge in [-0.2, -0.15) is 18.2 Å². The van der Waals surface area contributed by atoms with Gasteiger partial charge in [0.15, 0.2) is 0 Å². The molecule has 0 spiro atoms. The van der Waals surface area contributed by atoms with Crippen LogP contribution >= 0.6 is 0 Å². The van der Waals surface area contributed by atoms with Gasteiger partial charge in [0.2, 0.25) is 17.8 Å². The van der Waals surface area contributed by atoms with Gasteiger partial charge in [0.25, 0.3) is 0 Å². The Labute approximate surface area is 375 Å². The molecular weight excluding hydrogens is 842 g/mol. The van der Waals surface area contributed by atoms with Crippen molar-refractivity contribution in [3.63, 3.8) is 0 Å². The predicted octanol–water partition coefficient (Wildman–Crippen LogP) is 5.37. The van der Waals surface area contributed by atoms with Crippen molar-refractivity contribution in [2.24, 2.45) is 7.05 Å². The van der Waals surface area contributed by atoms with Crippen LogP contribution in [0.2, 0.25) is 0 Å². The molecule has 1 saturated carbocycles. The largest absolute Gasteiger partial charge is 0.393 e. The molecule has 9 rings (SSSR count). The Morgan fingerprint density at radius 1 is 0.908 bits per heavy atom. The summed E-state index contributed by atoms with van der Waals surface area (Å²) in [5, 5.41) is 16.2. The molecule has 0 radical (unpaired) electrons. The maximum Gasteiger partial charge on any atom is 0.391 e. The fourth-order valence-electron chi connectivity index (χ4n) is 10.1. The van der Waals surface area contributed by atoms with E-state index in [-0.39, 0.29) is 42.2 Å². The van der Waals surface area contributed by atoms with Crippen LogP contribution in [0.4, 0.5) is 19.1 Å². The van der Waals surface area contributed by atoms with Crippen LogP contribution in [0.25, 0.3) is 33.2 Å². The van der Waals surface area contributed by atoms with Crippen molar-refractivity contribution < 1.29 is 32.6 Å². The fraction of sp³-hybridized carbons (Fsp3) is 0.553. The van der Waals surface area contributed by atoms with E-state index in [1.807, 2.05) is 18.2 Å². The average molecular weight is 901 g/mol. The number of imidazole rings is 1. The summed E-state index contributed by atoms with van der Waals surface area (Å²) < 4.78 is 50.6. The number of ether oxygens (including phenoxy) is 1. The number of likely N-dealkylation sites (tertiary alicyclic amines) is 1. The van der Waals surface area contributed by atoms with Crippen LogP contribution < -0.4 is 16.3 Å². The molecule has 4 fully saturated rings. The summed E-state index contributed by atoms with van der Waals surface area (Å²) in [5.74, 6) is -0.568. The van der Waals surface area contributed by atoms with Gasteiger partial charge in [-0.1, -0.05) is 30.3 Å². The first-order valence-electron chi connectivity index (χ1n) is 23.0. The lowest BCUT2D eigenvalue weighted by atomic mass is 9.93. The predicted molar refractivity (Wildman–Crippen MR) is 240 cm³/mol. The van der Waals surface area contributed by atoms with Crippen LogP contribution in [0, 0.1) is 0 Å². The lowest BCUT2D eigenvalue weighted by Gasteiger charge is -2.39. The molecule has 6 heterocycles. The molecule has 2 aromatic carbocycles. The second kappa shape index (κ2) is 19.0. The van der Waals surface area contributed by atoms with Crippen molar-refractivity contribution in [2.75, 3.05) is 57.7 Å². The van der Waals surface area contributed by atoms with Crippen molar-refractivity contribution in [2.45, 2.75) is 108 Å². The molecule has 2 atom stereocenters. The van der Waals surface area contributed by atoms with E-state index in [9.17, 15) is 32.7 Å². The number of hydrogen-bond donors (Lipinski definition) is 3. The van der Waals surface area contributed by atoms with Crippen LogP contribution in [0.15, 0.2) is 59.7 Å². The van der Waals surface area contributed by atoms with Crippen LogP contribution in [-0.4, -0.2) is 132 Å².